The maximum Gasteiger partial charge on any atom is 0.265 e. The predicted octanol–water partition coefficient (Wildman–Crippen LogP) is 2.61. The van der Waals surface area contributed by atoms with Crippen LogP contribution in [0.3, 0.4) is 0 Å². The van der Waals surface area contributed by atoms with Crippen molar-refractivity contribution in [3.05, 3.63) is 46.2 Å². The maximum atomic E-state index is 12.1. The van der Waals surface area contributed by atoms with E-state index in [4.69, 9.17) is 5.73 Å². The van der Waals surface area contributed by atoms with Crippen LogP contribution in [0.25, 0.3) is 0 Å². The lowest BCUT2D eigenvalue weighted by molar-refractivity contribution is -0.120. The van der Waals surface area contributed by atoms with E-state index in [2.05, 4.69) is 10.6 Å². The van der Waals surface area contributed by atoms with Crippen LogP contribution in [0.5, 0.6) is 0 Å². The average molecular weight is 303 g/mol. The third-order valence-electron chi connectivity index (χ3n) is 2.88. The number of amides is 2. The van der Waals surface area contributed by atoms with Gasteiger partial charge in [-0.2, -0.15) is 0 Å². The molecule has 0 atom stereocenters. The first kappa shape index (κ1) is 15.1. The van der Waals surface area contributed by atoms with Crippen molar-refractivity contribution in [2.45, 2.75) is 19.9 Å². The minimum absolute atomic E-state index is 0.00791. The zero-order chi connectivity index (χ0) is 15.2. The van der Waals surface area contributed by atoms with Crippen LogP contribution in [-0.4, -0.2) is 11.8 Å². The molecule has 0 radical (unpaired) electrons. The van der Waals surface area contributed by atoms with E-state index in [1.54, 1.807) is 25.1 Å². The average Bonchev–Trinajstić information content (AvgIpc) is 2.96. The van der Waals surface area contributed by atoms with Gasteiger partial charge in [-0.15, -0.1) is 11.3 Å². The fourth-order valence-electron chi connectivity index (χ4n) is 1.70. The van der Waals surface area contributed by atoms with Crippen LogP contribution in [0, 0.1) is 0 Å². The molecule has 0 fully saturated rings. The number of nitrogen functional groups attached to an aromatic ring is 1. The van der Waals surface area contributed by atoms with E-state index in [0.29, 0.717) is 29.2 Å². The number of rotatable bonds is 5. The molecule has 0 bridgehead atoms. The lowest BCUT2D eigenvalue weighted by Crippen LogP contribution is -2.20. The summed E-state index contributed by atoms with van der Waals surface area (Å²) in [6.45, 7) is 2.24. The number of anilines is 2. The second-order valence-corrected chi connectivity index (χ2v) is 5.61. The molecule has 0 unspecified atom stereocenters. The number of carbonyl (C=O) groups is 2. The number of benzene rings is 1. The Hall–Kier alpha value is -2.34. The van der Waals surface area contributed by atoms with Gasteiger partial charge in [-0.1, -0.05) is 19.1 Å². The molecular formula is C15H17N3O2S. The van der Waals surface area contributed by atoms with Crippen LogP contribution in [0.4, 0.5) is 11.4 Å². The van der Waals surface area contributed by atoms with Crippen molar-refractivity contribution in [2.75, 3.05) is 11.1 Å². The molecule has 21 heavy (non-hydrogen) atoms. The summed E-state index contributed by atoms with van der Waals surface area (Å²) in [7, 11) is 0. The van der Waals surface area contributed by atoms with Crippen LogP contribution < -0.4 is 16.4 Å². The van der Waals surface area contributed by atoms with E-state index in [9.17, 15) is 9.59 Å². The summed E-state index contributed by atoms with van der Waals surface area (Å²) in [6.07, 6.45) is 0.450. The minimum atomic E-state index is -0.203. The number of hydrogen-bond acceptors (Lipinski definition) is 4. The molecule has 0 spiro atoms. The highest BCUT2D eigenvalue weighted by Gasteiger charge is 2.11. The molecule has 5 nitrogen and oxygen atoms in total. The summed E-state index contributed by atoms with van der Waals surface area (Å²) in [5, 5.41) is 5.55. The van der Waals surface area contributed by atoms with Gasteiger partial charge in [0.25, 0.3) is 5.91 Å². The molecule has 4 N–H and O–H groups in total. The molecular weight excluding hydrogens is 286 g/mol. The number of para-hydroxylation sites is 2. The smallest absolute Gasteiger partial charge is 0.265 e. The van der Waals surface area contributed by atoms with Gasteiger partial charge < -0.3 is 16.4 Å². The molecule has 0 aliphatic heterocycles. The van der Waals surface area contributed by atoms with E-state index >= 15 is 0 Å². The van der Waals surface area contributed by atoms with Gasteiger partial charge in [-0.05, 0) is 24.3 Å². The van der Waals surface area contributed by atoms with Crippen LogP contribution in [0.2, 0.25) is 0 Å². The molecule has 0 aliphatic carbocycles. The Morgan fingerprint density at radius 3 is 2.67 bits per heavy atom. The first-order chi connectivity index (χ1) is 10.1. The van der Waals surface area contributed by atoms with Crippen LogP contribution >= 0.6 is 11.3 Å². The molecule has 0 saturated heterocycles. The molecule has 2 amide bonds. The van der Waals surface area contributed by atoms with Gasteiger partial charge in [0.05, 0.1) is 22.8 Å². The third-order valence-corrected chi connectivity index (χ3v) is 3.96. The van der Waals surface area contributed by atoms with Crippen molar-refractivity contribution < 1.29 is 9.59 Å². The SMILES string of the molecule is CCC(=O)NCc1ccc(C(=O)Nc2ccccc2N)s1. The van der Waals surface area contributed by atoms with Crippen LogP contribution in [-0.2, 0) is 11.3 Å². The third kappa shape index (κ3) is 4.06. The highest BCUT2D eigenvalue weighted by atomic mass is 32.1. The summed E-state index contributed by atoms with van der Waals surface area (Å²) >= 11 is 1.35. The molecule has 6 heteroatoms. The number of carbonyl (C=O) groups excluding carboxylic acids is 2. The van der Waals surface area contributed by atoms with Crippen molar-refractivity contribution in [1.29, 1.82) is 0 Å². The summed E-state index contributed by atoms with van der Waals surface area (Å²) in [4.78, 5) is 24.9. The fraction of sp³-hybridized carbons (Fsp3) is 0.200. The number of thiophene rings is 1. The van der Waals surface area contributed by atoms with Gasteiger partial charge in [0.2, 0.25) is 5.91 Å². The van der Waals surface area contributed by atoms with E-state index in [1.165, 1.54) is 11.3 Å². The monoisotopic (exact) mass is 303 g/mol. The number of nitrogens with two attached hydrogens (primary N) is 1. The Labute approximate surface area is 127 Å². The van der Waals surface area contributed by atoms with Gasteiger partial charge in [0.15, 0.2) is 0 Å². The normalized spacial score (nSPS) is 10.1. The molecule has 1 heterocycles. The van der Waals surface area contributed by atoms with Crippen molar-refractivity contribution in [3.8, 4) is 0 Å². The zero-order valence-electron chi connectivity index (χ0n) is 11.7. The van der Waals surface area contributed by atoms with Gasteiger partial charge in [-0.25, -0.2) is 0 Å². The van der Waals surface area contributed by atoms with Gasteiger partial charge in [0.1, 0.15) is 0 Å². The van der Waals surface area contributed by atoms with Crippen molar-refractivity contribution in [1.82, 2.24) is 5.32 Å². The Bertz CT molecular complexity index is 652. The van der Waals surface area contributed by atoms with Crippen molar-refractivity contribution in [3.63, 3.8) is 0 Å². The molecule has 2 rings (SSSR count). The van der Waals surface area contributed by atoms with Crippen LogP contribution in [0.15, 0.2) is 36.4 Å². The largest absolute Gasteiger partial charge is 0.397 e. The van der Waals surface area contributed by atoms with Crippen molar-refractivity contribution in [2.24, 2.45) is 0 Å². The van der Waals surface area contributed by atoms with E-state index in [1.807, 2.05) is 18.2 Å². The number of nitrogens with one attached hydrogen (secondary N) is 2. The fourth-order valence-corrected chi connectivity index (χ4v) is 2.54. The molecule has 1 aromatic heterocycles. The zero-order valence-corrected chi connectivity index (χ0v) is 12.5. The summed E-state index contributed by atoms with van der Waals surface area (Å²) in [5.74, 6) is -0.211. The Morgan fingerprint density at radius 2 is 1.95 bits per heavy atom. The van der Waals surface area contributed by atoms with E-state index in [0.717, 1.165) is 4.88 Å². The molecule has 0 aliphatic rings. The van der Waals surface area contributed by atoms with Gasteiger partial charge in [0, 0.05) is 11.3 Å². The highest BCUT2D eigenvalue weighted by molar-refractivity contribution is 7.14. The van der Waals surface area contributed by atoms with Gasteiger partial charge >= 0.3 is 0 Å². The second kappa shape index (κ2) is 6.90. The second-order valence-electron chi connectivity index (χ2n) is 4.44. The van der Waals surface area contributed by atoms with Crippen LogP contribution in [0.1, 0.15) is 27.9 Å². The summed E-state index contributed by atoms with van der Waals surface area (Å²) in [5.41, 5.74) is 6.91. The lowest BCUT2D eigenvalue weighted by Gasteiger charge is -2.06. The molecule has 0 saturated carbocycles. The van der Waals surface area contributed by atoms with Crippen molar-refractivity contribution >= 4 is 34.5 Å². The first-order valence-corrected chi connectivity index (χ1v) is 7.43. The Balaban J connectivity index is 1.99. The van der Waals surface area contributed by atoms with Gasteiger partial charge in [-0.3, -0.25) is 9.59 Å². The first-order valence-electron chi connectivity index (χ1n) is 6.61. The quantitative estimate of drug-likeness (QED) is 0.742. The summed E-state index contributed by atoms with van der Waals surface area (Å²) < 4.78 is 0. The molecule has 110 valence electrons. The summed E-state index contributed by atoms with van der Waals surface area (Å²) in [6, 6.07) is 10.7. The maximum absolute atomic E-state index is 12.1. The minimum Gasteiger partial charge on any atom is -0.397 e. The molecule has 2 aromatic rings. The topological polar surface area (TPSA) is 84.2 Å². The highest BCUT2D eigenvalue weighted by Crippen LogP contribution is 2.21. The Kier molecular flexibility index (Phi) is 4.94. The lowest BCUT2D eigenvalue weighted by atomic mass is 10.2. The Morgan fingerprint density at radius 1 is 1.19 bits per heavy atom. The van der Waals surface area contributed by atoms with E-state index < -0.39 is 0 Å². The van der Waals surface area contributed by atoms with E-state index in [-0.39, 0.29) is 11.8 Å². The standard InChI is InChI=1S/C15H17N3O2S/c1-2-14(19)17-9-10-7-8-13(21-10)15(20)18-12-6-4-3-5-11(12)16/h3-8H,2,9,16H2,1H3,(H,17,19)(H,18,20). The molecule has 1 aromatic carbocycles. The predicted molar refractivity (Wildman–Crippen MR) is 85.3 cm³/mol. The number of hydrogen-bond donors (Lipinski definition) is 3.